The number of ether oxygens (including phenoxy) is 1. The fourth-order valence-electron chi connectivity index (χ4n) is 1.91. The van der Waals surface area contributed by atoms with Crippen LogP contribution < -0.4 is 5.73 Å². The lowest BCUT2D eigenvalue weighted by Gasteiger charge is -2.23. The van der Waals surface area contributed by atoms with Gasteiger partial charge in [-0.1, -0.05) is 13.8 Å². The van der Waals surface area contributed by atoms with Gasteiger partial charge in [-0.05, 0) is 12.8 Å². The maximum atomic E-state index is 5.85. The first-order chi connectivity index (χ1) is 7.69. The van der Waals surface area contributed by atoms with Crippen LogP contribution in [0, 0.1) is 0 Å². The molecule has 1 aliphatic rings. The molecule has 0 amide bonds. The van der Waals surface area contributed by atoms with Crippen molar-refractivity contribution in [1.29, 1.82) is 0 Å². The summed E-state index contributed by atoms with van der Waals surface area (Å²) in [6.07, 6.45) is 2.15. The molecule has 2 heterocycles. The summed E-state index contributed by atoms with van der Waals surface area (Å²) in [6.45, 7) is 6.73. The zero-order valence-electron chi connectivity index (χ0n) is 10.0. The summed E-state index contributed by atoms with van der Waals surface area (Å²) in [5.41, 5.74) is 7.04. The Morgan fingerprint density at radius 1 is 1.69 bits per heavy atom. The van der Waals surface area contributed by atoms with Crippen molar-refractivity contribution >= 4 is 11.3 Å². The summed E-state index contributed by atoms with van der Waals surface area (Å²) in [5, 5.41) is 3.39. The van der Waals surface area contributed by atoms with Crippen LogP contribution in [0.4, 0.5) is 0 Å². The quantitative estimate of drug-likeness (QED) is 0.878. The molecule has 0 aliphatic carbocycles. The Balaban J connectivity index is 2.17. The highest BCUT2D eigenvalue weighted by Gasteiger charge is 2.28. The molecule has 0 aromatic carbocycles. The second-order valence-electron chi connectivity index (χ2n) is 4.75. The fraction of sp³-hybridized carbons (Fsp3) is 0.750. The Bertz CT molecular complexity index is 341. The van der Waals surface area contributed by atoms with Crippen molar-refractivity contribution in [2.24, 2.45) is 5.73 Å². The highest BCUT2D eigenvalue weighted by atomic mass is 32.1. The molecule has 90 valence electrons. The molecular formula is C12H20N2OS. The fourth-order valence-corrected chi connectivity index (χ4v) is 3.01. The minimum Gasteiger partial charge on any atom is -0.381 e. The van der Waals surface area contributed by atoms with Crippen LogP contribution in [0.1, 0.15) is 43.3 Å². The highest BCUT2D eigenvalue weighted by molar-refractivity contribution is 7.09. The lowest BCUT2D eigenvalue weighted by Crippen LogP contribution is -2.31. The summed E-state index contributed by atoms with van der Waals surface area (Å²) in [4.78, 5) is 4.76. The third-order valence-electron chi connectivity index (χ3n) is 3.65. The van der Waals surface area contributed by atoms with Crippen LogP contribution in [-0.2, 0) is 10.2 Å². The Labute approximate surface area is 101 Å². The summed E-state index contributed by atoms with van der Waals surface area (Å²) >= 11 is 1.76. The zero-order chi connectivity index (χ0) is 11.6. The average molecular weight is 240 g/mol. The van der Waals surface area contributed by atoms with Gasteiger partial charge < -0.3 is 10.5 Å². The Morgan fingerprint density at radius 2 is 2.50 bits per heavy atom. The smallest absolute Gasteiger partial charge is 0.0983 e. The molecule has 4 heteroatoms. The Kier molecular flexibility index (Phi) is 3.62. The van der Waals surface area contributed by atoms with E-state index in [2.05, 4.69) is 19.2 Å². The third kappa shape index (κ3) is 2.14. The van der Waals surface area contributed by atoms with Crippen molar-refractivity contribution < 1.29 is 4.74 Å². The normalized spacial score (nSPS) is 24.6. The topological polar surface area (TPSA) is 48.1 Å². The number of rotatable bonds is 4. The van der Waals surface area contributed by atoms with Crippen molar-refractivity contribution in [3.05, 3.63) is 16.1 Å². The van der Waals surface area contributed by atoms with E-state index in [4.69, 9.17) is 15.5 Å². The van der Waals surface area contributed by atoms with E-state index in [1.54, 1.807) is 11.3 Å². The summed E-state index contributed by atoms with van der Waals surface area (Å²) < 4.78 is 5.40. The van der Waals surface area contributed by atoms with Crippen molar-refractivity contribution in [2.75, 3.05) is 19.8 Å². The second kappa shape index (κ2) is 4.82. The van der Waals surface area contributed by atoms with Crippen LogP contribution in [0.3, 0.4) is 0 Å². The molecule has 0 radical (unpaired) electrons. The summed E-state index contributed by atoms with van der Waals surface area (Å²) in [7, 11) is 0. The van der Waals surface area contributed by atoms with Crippen molar-refractivity contribution in [1.82, 2.24) is 4.98 Å². The van der Waals surface area contributed by atoms with E-state index in [-0.39, 0.29) is 5.41 Å². The molecule has 3 nitrogen and oxygen atoms in total. The monoisotopic (exact) mass is 240 g/mol. The van der Waals surface area contributed by atoms with E-state index >= 15 is 0 Å². The van der Waals surface area contributed by atoms with Crippen LogP contribution >= 0.6 is 11.3 Å². The molecule has 1 saturated heterocycles. The van der Waals surface area contributed by atoms with Crippen molar-refractivity contribution in [3.8, 4) is 0 Å². The predicted molar refractivity (Wildman–Crippen MR) is 67.0 cm³/mol. The number of aromatic nitrogens is 1. The Morgan fingerprint density at radius 3 is 3.06 bits per heavy atom. The van der Waals surface area contributed by atoms with Gasteiger partial charge in [0.25, 0.3) is 0 Å². The van der Waals surface area contributed by atoms with Gasteiger partial charge in [-0.25, -0.2) is 4.98 Å². The number of nitrogens with two attached hydrogens (primary N) is 1. The number of thiazole rings is 1. The van der Waals surface area contributed by atoms with E-state index in [1.165, 1.54) is 5.01 Å². The third-order valence-corrected chi connectivity index (χ3v) is 4.66. The molecule has 0 bridgehead atoms. The van der Waals surface area contributed by atoms with Crippen molar-refractivity contribution in [2.45, 2.75) is 38.0 Å². The minimum atomic E-state index is 0.0359. The minimum absolute atomic E-state index is 0.0359. The zero-order valence-corrected chi connectivity index (χ0v) is 10.8. The molecule has 1 fully saturated rings. The summed E-state index contributed by atoms with van der Waals surface area (Å²) in [5.74, 6) is 0.512. The van der Waals surface area contributed by atoms with Gasteiger partial charge in [-0.15, -0.1) is 11.3 Å². The standard InChI is InChI=1S/C12H20N2OS/c1-3-12(2,8-13)10-7-16-11(14-10)9-4-5-15-6-9/h7,9H,3-6,8,13H2,1-2H3. The van der Waals surface area contributed by atoms with Gasteiger partial charge >= 0.3 is 0 Å². The molecule has 2 unspecified atom stereocenters. The van der Waals surface area contributed by atoms with Gasteiger partial charge in [-0.3, -0.25) is 0 Å². The molecule has 0 saturated carbocycles. The van der Waals surface area contributed by atoms with Gasteiger partial charge in [0.2, 0.25) is 0 Å². The maximum Gasteiger partial charge on any atom is 0.0983 e. The lowest BCUT2D eigenvalue weighted by molar-refractivity contribution is 0.194. The van der Waals surface area contributed by atoms with Gasteiger partial charge in [0.15, 0.2) is 0 Å². The van der Waals surface area contributed by atoms with Gasteiger partial charge in [0.05, 0.1) is 17.3 Å². The molecule has 1 aromatic heterocycles. The molecule has 2 N–H and O–H groups in total. The van der Waals surface area contributed by atoms with Crippen LogP contribution in [0.15, 0.2) is 5.38 Å². The summed E-state index contributed by atoms with van der Waals surface area (Å²) in [6, 6.07) is 0. The predicted octanol–water partition coefficient (Wildman–Crippen LogP) is 2.27. The van der Waals surface area contributed by atoms with Crippen LogP contribution in [-0.4, -0.2) is 24.7 Å². The van der Waals surface area contributed by atoms with Crippen LogP contribution in [0.25, 0.3) is 0 Å². The first kappa shape index (κ1) is 12.0. The lowest BCUT2D eigenvalue weighted by atomic mass is 9.85. The molecule has 2 atom stereocenters. The molecule has 2 rings (SSSR count). The van der Waals surface area contributed by atoms with E-state index < -0.39 is 0 Å². The Hall–Kier alpha value is -0.450. The number of hydrogen-bond donors (Lipinski definition) is 1. The molecule has 1 aromatic rings. The largest absolute Gasteiger partial charge is 0.381 e. The van der Waals surface area contributed by atoms with Gasteiger partial charge in [0, 0.05) is 29.9 Å². The molecular weight excluding hydrogens is 220 g/mol. The first-order valence-electron chi connectivity index (χ1n) is 5.93. The highest BCUT2D eigenvalue weighted by Crippen LogP contribution is 2.32. The van der Waals surface area contributed by atoms with Gasteiger partial charge in [0.1, 0.15) is 0 Å². The van der Waals surface area contributed by atoms with Crippen LogP contribution in [0.2, 0.25) is 0 Å². The van der Waals surface area contributed by atoms with E-state index in [9.17, 15) is 0 Å². The maximum absolute atomic E-state index is 5.85. The SMILES string of the molecule is CCC(C)(CN)c1csc(C2CCOC2)n1. The average Bonchev–Trinajstić information content (AvgIpc) is 2.97. The molecule has 16 heavy (non-hydrogen) atoms. The number of nitrogens with zero attached hydrogens (tertiary/aromatic N) is 1. The molecule has 0 spiro atoms. The van der Waals surface area contributed by atoms with Gasteiger partial charge in [-0.2, -0.15) is 0 Å². The van der Waals surface area contributed by atoms with E-state index in [0.717, 1.165) is 31.7 Å². The second-order valence-corrected chi connectivity index (χ2v) is 5.64. The van der Waals surface area contributed by atoms with Crippen molar-refractivity contribution in [3.63, 3.8) is 0 Å². The van der Waals surface area contributed by atoms with E-state index in [0.29, 0.717) is 12.5 Å². The van der Waals surface area contributed by atoms with Crippen LogP contribution in [0.5, 0.6) is 0 Å². The number of hydrogen-bond acceptors (Lipinski definition) is 4. The van der Waals surface area contributed by atoms with E-state index in [1.807, 2.05) is 0 Å². The first-order valence-corrected chi connectivity index (χ1v) is 6.81. The molecule has 1 aliphatic heterocycles.